The van der Waals surface area contributed by atoms with Gasteiger partial charge in [0.25, 0.3) is 5.91 Å². The summed E-state index contributed by atoms with van der Waals surface area (Å²) < 4.78 is 5.07. The lowest BCUT2D eigenvalue weighted by atomic mass is 10.1. The van der Waals surface area contributed by atoms with Crippen molar-refractivity contribution in [2.75, 3.05) is 17.2 Å². The zero-order valence-electron chi connectivity index (χ0n) is 15.7. The van der Waals surface area contributed by atoms with E-state index in [0.717, 1.165) is 11.3 Å². The molecular formula is C22H21N3O3. The number of para-hydroxylation sites is 2. The fraction of sp³-hybridized carbons (Fsp3) is 0.136. The molecule has 0 aliphatic carbocycles. The highest BCUT2D eigenvalue weighted by atomic mass is 16.5. The van der Waals surface area contributed by atoms with Crippen LogP contribution in [0.25, 0.3) is 0 Å². The number of pyridine rings is 1. The topological polar surface area (TPSA) is 80.3 Å². The number of nitrogens with one attached hydrogen (secondary N) is 2. The van der Waals surface area contributed by atoms with Gasteiger partial charge in [-0.25, -0.2) is 9.78 Å². The summed E-state index contributed by atoms with van der Waals surface area (Å²) >= 11 is 0. The number of aryl methyl sites for hydroxylation is 1. The zero-order chi connectivity index (χ0) is 19.9. The van der Waals surface area contributed by atoms with E-state index >= 15 is 0 Å². The molecule has 0 saturated heterocycles. The van der Waals surface area contributed by atoms with E-state index in [0.29, 0.717) is 29.2 Å². The SMILES string of the molecule is CCOC(=O)c1ccccc1Nc1ccc(C(=O)Nc2ccccc2C)cn1. The Labute approximate surface area is 163 Å². The van der Waals surface area contributed by atoms with E-state index < -0.39 is 5.97 Å². The van der Waals surface area contributed by atoms with Crippen molar-refractivity contribution in [2.45, 2.75) is 13.8 Å². The summed E-state index contributed by atoms with van der Waals surface area (Å²) in [5, 5.41) is 5.97. The van der Waals surface area contributed by atoms with Crippen LogP contribution in [0, 0.1) is 6.92 Å². The molecule has 1 amide bonds. The first-order valence-corrected chi connectivity index (χ1v) is 8.94. The van der Waals surface area contributed by atoms with Gasteiger partial charge in [0.1, 0.15) is 5.82 Å². The Morgan fingerprint density at radius 1 is 0.964 bits per heavy atom. The third kappa shape index (κ3) is 4.54. The third-order valence-corrected chi connectivity index (χ3v) is 4.10. The summed E-state index contributed by atoms with van der Waals surface area (Å²) in [5.41, 5.74) is 3.20. The van der Waals surface area contributed by atoms with Gasteiger partial charge in [-0.1, -0.05) is 30.3 Å². The number of anilines is 3. The molecule has 0 radical (unpaired) electrons. The van der Waals surface area contributed by atoms with Gasteiger partial charge in [0.15, 0.2) is 0 Å². The number of hydrogen-bond acceptors (Lipinski definition) is 5. The fourth-order valence-electron chi connectivity index (χ4n) is 2.63. The average molecular weight is 375 g/mol. The minimum atomic E-state index is -0.403. The molecule has 0 saturated carbocycles. The highest BCUT2D eigenvalue weighted by Gasteiger charge is 2.13. The maximum absolute atomic E-state index is 12.4. The van der Waals surface area contributed by atoms with Crippen molar-refractivity contribution in [2.24, 2.45) is 0 Å². The van der Waals surface area contributed by atoms with Crippen LogP contribution in [0.1, 0.15) is 33.2 Å². The van der Waals surface area contributed by atoms with Crippen LogP contribution in [0.3, 0.4) is 0 Å². The molecular weight excluding hydrogens is 354 g/mol. The van der Waals surface area contributed by atoms with Crippen LogP contribution in [0.4, 0.5) is 17.2 Å². The van der Waals surface area contributed by atoms with E-state index in [2.05, 4.69) is 15.6 Å². The molecule has 1 aromatic heterocycles. The fourth-order valence-corrected chi connectivity index (χ4v) is 2.63. The Kier molecular flexibility index (Phi) is 6.01. The van der Waals surface area contributed by atoms with Crippen LogP contribution >= 0.6 is 0 Å². The van der Waals surface area contributed by atoms with Crippen molar-refractivity contribution in [3.05, 3.63) is 83.6 Å². The summed E-state index contributed by atoms with van der Waals surface area (Å²) in [6.07, 6.45) is 1.49. The van der Waals surface area contributed by atoms with Crippen LogP contribution in [0.15, 0.2) is 66.9 Å². The number of ether oxygens (including phenoxy) is 1. The molecule has 0 atom stereocenters. The van der Waals surface area contributed by atoms with Gasteiger partial charge < -0.3 is 15.4 Å². The van der Waals surface area contributed by atoms with Gasteiger partial charge in [-0.05, 0) is 49.7 Å². The van der Waals surface area contributed by atoms with Crippen LogP contribution in [-0.2, 0) is 4.74 Å². The molecule has 1 heterocycles. The first-order valence-electron chi connectivity index (χ1n) is 8.94. The van der Waals surface area contributed by atoms with Crippen molar-refractivity contribution >= 4 is 29.1 Å². The molecule has 3 rings (SSSR count). The standard InChI is InChI=1S/C22H21N3O3/c1-3-28-22(27)17-9-5-7-11-19(17)24-20-13-12-16(14-23-20)21(26)25-18-10-6-4-8-15(18)2/h4-14H,3H2,1-2H3,(H,23,24)(H,25,26). The van der Waals surface area contributed by atoms with Gasteiger partial charge >= 0.3 is 5.97 Å². The monoisotopic (exact) mass is 375 g/mol. The summed E-state index contributed by atoms with van der Waals surface area (Å²) in [7, 11) is 0. The molecule has 6 nitrogen and oxygen atoms in total. The normalized spacial score (nSPS) is 10.2. The minimum Gasteiger partial charge on any atom is -0.462 e. The number of aromatic nitrogens is 1. The third-order valence-electron chi connectivity index (χ3n) is 4.10. The average Bonchev–Trinajstić information content (AvgIpc) is 2.71. The molecule has 28 heavy (non-hydrogen) atoms. The predicted octanol–water partition coefficient (Wildman–Crippen LogP) is 4.56. The van der Waals surface area contributed by atoms with Gasteiger partial charge in [-0.3, -0.25) is 4.79 Å². The van der Waals surface area contributed by atoms with Gasteiger partial charge in [-0.2, -0.15) is 0 Å². The molecule has 0 aliphatic rings. The lowest BCUT2D eigenvalue weighted by Gasteiger charge is -2.11. The molecule has 0 spiro atoms. The molecule has 0 unspecified atom stereocenters. The number of rotatable bonds is 6. The Morgan fingerprint density at radius 2 is 1.68 bits per heavy atom. The summed E-state index contributed by atoms with van der Waals surface area (Å²) in [6, 6.07) is 18.0. The number of nitrogens with zero attached hydrogens (tertiary/aromatic N) is 1. The Bertz CT molecular complexity index is 984. The van der Waals surface area contributed by atoms with Crippen molar-refractivity contribution < 1.29 is 14.3 Å². The minimum absolute atomic E-state index is 0.236. The van der Waals surface area contributed by atoms with Crippen LogP contribution in [0.2, 0.25) is 0 Å². The van der Waals surface area contributed by atoms with Crippen molar-refractivity contribution in [1.29, 1.82) is 0 Å². The second-order valence-electron chi connectivity index (χ2n) is 6.09. The van der Waals surface area contributed by atoms with Crippen LogP contribution in [0.5, 0.6) is 0 Å². The van der Waals surface area contributed by atoms with Crippen LogP contribution in [-0.4, -0.2) is 23.5 Å². The largest absolute Gasteiger partial charge is 0.462 e. The van der Waals surface area contributed by atoms with E-state index in [1.807, 2.05) is 37.3 Å². The first-order chi connectivity index (χ1) is 13.6. The number of benzene rings is 2. The number of amides is 1. The first kappa shape index (κ1) is 19.1. The molecule has 0 bridgehead atoms. The van der Waals surface area contributed by atoms with Gasteiger partial charge in [-0.15, -0.1) is 0 Å². The van der Waals surface area contributed by atoms with Crippen LogP contribution < -0.4 is 10.6 Å². The van der Waals surface area contributed by atoms with E-state index in [4.69, 9.17) is 4.74 Å². The summed E-state index contributed by atoms with van der Waals surface area (Å²) in [5.74, 6) is -0.121. The zero-order valence-corrected chi connectivity index (χ0v) is 15.7. The number of carbonyl (C=O) groups is 2. The molecule has 0 fully saturated rings. The lowest BCUT2D eigenvalue weighted by molar-refractivity contribution is 0.0527. The van der Waals surface area contributed by atoms with E-state index in [9.17, 15) is 9.59 Å². The second-order valence-corrected chi connectivity index (χ2v) is 6.09. The Morgan fingerprint density at radius 3 is 2.36 bits per heavy atom. The number of hydrogen-bond donors (Lipinski definition) is 2. The smallest absolute Gasteiger partial charge is 0.340 e. The Hall–Kier alpha value is -3.67. The van der Waals surface area contributed by atoms with E-state index in [1.165, 1.54) is 6.20 Å². The molecule has 6 heteroatoms. The van der Waals surface area contributed by atoms with Gasteiger partial charge in [0.2, 0.25) is 0 Å². The van der Waals surface area contributed by atoms with Crippen molar-refractivity contribution in [1.82, 2.24) is 4.98 Å². The van der Waals surface area contributed by atoms with Gasteiger partial charge in [0.05, 0.1) is 23.4 Å². The number of esters is 1. The summed E-state index contributed by atoms with van der Waals surface area (Å²) in [4.78, 5) is 28.8. The lowest BCUT2D eigenvalue weighted by Crippen LogP contribution is -2.13. The maximum Gasteiger partial charge on any atom is 0.340 e. The van der Waals surface area contributed by atoms with Crippen molar-refractivity contribution in [3.63, 3.8) is 0 Å². The van der Waals surface area contributed by atoms with Crippen molar-refractivity contribution in [3.8, 4) is 0 Å². The molecule has 142 valence electrons. The van der Waals surface area contributed by atoms with Gasteiger partial charge in [0, 0.05) is 11.9 Å². The summed E-state index contributed by atoms with van der Waals surface area (Å²) in [6.45, 7) is 3.99. The highest BCUT2D eigenvalue weighted by Crippen LogP contribution is 2.21. The maximum atomic E-state index is 12.4. The highest BCUT2D eigenvalue weighted by molar-refractivity contribution is 6.04. The second kappa shape index (κ2) is 8.81. The van der Waals surface area contributed by atoms with E-state index in [1.54, 1.807) is 37.3 Å². The predicted molar refractivity (Wildman–Crippen MR) is 109 cm³/mol. The van der Waals surface area contributed by atoms with E-state index in [-0.39, 0.29) is 5.91 Å². The molecule has 0 aliphatic heterocycles. The Balaban J connectivity index is 1.73. The molecule has 2 aromatic carbocycles. The number of carbonyl (C=O) groups excluding carboxylic acids is 2. The molecule has 3 aromatic rings. The molecule has 2 N–H and O–H groups in total. The quantitative estimate of drug-likeness (QED) is 0.617.